The molecule has 0 saturated heterocycles. The van der Waals surface area contributed by atoms with Crippen molar-refractivity contribution < 1.29 is 4.74 Å². The first-order valence-corrected chi connectivity index (χ1v) is 7.42. The summed E-state index contributed by atoms with van der Waals surface area (Å²) in [5.41, 5.74) is 3.74. The molecule has 1 unspecified atom stereocenters. The summed E-state index contributed by atoms with van der Waals surface area (Å²) in [6.07, 6.45) is 9.39. The first-order valence-electron chi connectivity index (χ1n) is 7.42. The van der Waals surface area contributed by atoms with Gasteiger partial charge in [0.05, 0.1) is 0 Å². The third-order valence-electron chi connectivity index (χ3n) is 4.67. The molecule has 0 aliphatic heterocycles. The highest BCUT2D eigenvalue weighted by atomic mass is 16.5. The smallest absolute Gasteiger partial charge is 0.157 e. The molecule has 2 rings (SSSR count). The molecule has 2 aliphatic rings. The number of rotatable bonds is 2. The van der Waals surface area contributed by atoms with Gasteiger partial charge in [-0.3, -0.25) is 0 Å². The van der Waals surface area contributed by atoms with Gasteiger partial charge in [-0.25, -0.2) is 4.74 Å². The van der Waals surface area contributed by atoms with Crippen molar-refractivity contribution in [2.24, 2.45) is 11.3 Å². The van der Waals surface area contributed by atoms with Crippen LogP contribution < -0.4 is 0 Å². The lowest BCUT2D eigenvalue weighted by Gasteiger charge is -2.39. The van der Waals surface area contributed by atoms with E-state index in [1.807, 2.05) is 20.1 Å². The Bertz CT molecular complexity index is 377. The molecule has 0 aromatic carbocycles. The normalized spacial score (nSPS) is 28.5. The molecule has 0 radical (unpaired) electrons. The highest BCUT2D eigenvalue weighted by molar-refractivity contribution is 5.57. The number of nitrogens with zero attached hydrogens (tertiary/aromatic N) is 1. The molecule has 0 aromatic heterocycles. The molecular weight excluding hydrogens is 222 g/mol. The maximum absolute atomic E-state index is 11.8. The van der Waals surface area contributed by atoms with Gasteiger partial charge in [-0.15, -0.1) is 0 Å². The van der Waals surface area contributed by atoms with Crippen molar-refractivity contribution in [3.63, 3.8) is 0 Å². The first-order chi connectivity index (χ1) is 8.40. The standard InChI is InChI=1S/C16H27NO/c1-12(2)17(18)11-13-7-8-14-6-5-9-16(3,4)15(14)10-13/h11-13H,5-10H2,1-4H3. The van der Waals surface area contributed by atoms with Gasteiger partial charge >= 0.3 is 0 Å². The van der Waals surface area contributed by atoms with E-state index in [1.54, 1.807) is 11.1 Å². The fourth-order valence-corrected chi connectivity index (χ4v) is 3.45. The van der Waals surface area contributed by atoms with Gasteiger partial charge in [0.15, 0.2) is 12.3 Å². The molecular formula is C16H27NO. The van der Waals surface area contributed by atoms with E-state index in [1.165, 1.54) is 32.1 Å². The van der Waals surface area contributed by atoms with Crippen LogP contribution in [0.2, 0.25) is 0 Å². The first kappa shape index (κ1) is 13.6. The monoisotopic (exact) mass is 249 g/mol. The van der Waals surface area contributed by atoms with E-state index in [0.29, 0.717) is 11.3 Å². The van der Waals surface area contributed by atoms with E-state index in [4.69, 9.17) is 0 Å². The van der Waals surface area contributed by atoms with E-state index in [2.05, 4.69) is 13.8 Å². The van der Waals surface area contributed by atoms with Crippen LogP contribution >= 0.6 is 0 Å². The Morgan fingerprint density at radius 2 is 2.06 bits per heavy atom. The largest absolute Gasteiger partial charge is 0.624 e. The lowest BCUT2D eigenvalue weighted by atomic mass is 9.66. The average molecular weight is 249 g/mol. The fourth-order valence-electron chi connectivity index (χ4n) is 3.45. The Kier molecular flexibility index (Phi) is 3.84. The summed E-state index contributed by atoms with van der Waals surface area (Å²) in [5, 5.41) is 11.8. The van der Waals surface area contributed by atoms with Gasteiger partial charge < -0.3 is 5.21 Å². The van der Waals surface area contributed by atoms with Crippen molar-refractivity contribution in [3.05, 3.63) is 16.4 Å². The van der Waals surface area contributed by atoms with Gasteiger partial charge in [-0.2, -0.15) is 0 Å². The zero-order valence-corrected chi connectivity index (χ0v) is 12.3. The van der Waals surface area contributed by atoms with Crippen LogP contribution in [-0.4, -0.2) is 17.0 Å². The Labute approximate surface area is 111 Å². The summed E-state index contributed by atoms with van der Waals surface area (Å²) in [4.78, 5) is 0. The Morgan fingerprint density at radius 1 is 1.33 bits per heavy atom. The maximum atomic E-state index is 11.8. The van der Waals surface area contributed by atoms with Crippen LogP contribution in [0, 0.1) is 16.5 Å². The summed E-state index contributed by atoms with van der Waals surface area (Å²) in [5.74, 6) is 0.459. The van der Waals surface area contributed by atoms with Crippen molar-refractivity contribution >= 4 is 6.21 Å². The summed E-state index contributed by atoms with van der Waals surface area (Å²) in [7, 11) is 0. The average Bonchev–Trinajstić information content (AvgIpc) is 2.29. The third-order valence-corrected chi connectivity index (χ3v) is 4.67. The van der Waals surface area contributed by atoms with Crippen molar-refractivity contribution in [1.29, 1.82) is 0 Å². The zero-order valence-electron chi connectivity index (χ0n) is 12.3. The predicted molar refractivity (Wildman–Crippen MR) is 76.8 cm³/mol. The lowest BCUT2D eigenvalue weighted by molar-refractivity contribution is -0.489. The summed E-state index contributed by atoms with van der Waals surface area (Å²) in [6, 6.07) is 0.0692. The van der Waals surface area contributed by atoms with Crippen molar-refractivity contribution in [2.75, 3.05) is 0 Å². The fraction of sp³-hybridized carbons (Fsp3) is 0.812. The highest BCUT2D eigenvalue weighted by Gasteiger charge is 2.34. The number of hydrogen-bond donors (Lipinski definition) is 0. The predicted octanol–water partition coefficient (Wildman–Crippen LogP) is 4.28. The molecule has 0 aromatic rings. The molecule has 1 atom stereocenters. The van der Waals surface area contributed by atoms with Gasteiger partial charge in [0, 0.05) is 5.92 Å². The van der Waals surface area contributed by atoms with Crippen LogP contribution in [-0.2, 0) is 0 Å². The maximum Gasteiger partial charge on any atom is 0.157 e. The summed E-state index contributed by atoms with van der Waals surface area (Å²) in [6.45, 7) is 8.67. The lowest BCUT2D eigenvalue weighted by Crippen LogP contribution is -2.28. The molecule has 0 saturated carbocycles. The SMILES string of the molecule is CC(C)[N+]([O-])=CC1CCC2=C(C1)C(C)(C)CCC2. The number of hydroxylamine groups is 1. The third kappa shape index (κ3) is 2.78. The second-order valence-electron chi connectivity index (χ2n) is 6.93. The van der Waals surface area contributed by atoms with Gasteiger partial charge in [-0.1, -0.05) is 25.0 Å². The molecule has 2 aliphatic carbocycles. The topological polar surface area (TPSA) is 26.1 Å². The van der Waals surface area contributed by atoms with Crippen molar-refractivity contribution in [1.82, 2.24) is 0 Å². The molecule has 0 spiro atoms. The molecule has 0 fully saturated rings. The molecule has 0 bridgehead atoms. The van der Waals surface area contributed by atoms with E-state index >= 15 is 0 Å². The number of allylic oxidation sites excluding steroid dienone is 2. The van der Waals surface area contributed by atoms with Gasteiger partial charge in [-0.05, 0) is 57.8 Å². The summed E-state index contributed by atoms with van der Waals surface area (Å²) >= 11 is 0. The van der Waals surface area contributed by atoms with Crippen LogP contribution in [0.1, 0.15) is 66.2 Å². The van der Waals surface area contributed by atoms with Gasteiger partial charge in [0.25, 0.3) is 0 Å². The molecule has 102 valence electrons. The molecule has 0 N–H and O–H groups in total. The minimum Gasteiger partial charge on any atom is -0.624 e. The molecule has 0 heterocycles. The molecule has 0 amide bonds. The van der Waals surface area contributed by atoms with E-state index in [9.17, 15) is 5.21 Å². The van der Waals surface area contributed by atoms with E-state index in [0.717, 1.165) is 11.2 Å². The molecule has 18 heavy (non-hydrogen) atoms. The number of hydrogen-bond acceptors (Lipinski definition) is 1. The Morgan fingerprint density at radius 3 is 2.72 bits per heavy atom. The Balaban J connectivity index is 2.15. The van der Waals surface area contributed by atoms with Crippen molar-refractivity contribution in [3.8, 4) is 0 Å². The second-order valence-corrected chi connectivity index (χ2v) is 6.93. The quantitative estimate of drug-likeness (QED) is 0.236. The summed E-state index contributed by atoms with van der Waals surface area (Å²) < 4.78 is 1.14. The van der Waals surface area contributed by atoms with Crippen LogP contribution in [0.25, 0.3) is 0 Å². The van der Waals surface area contributed by atoms with Gasteiger partial charge in [0.2, 0.25) is 0 Å². The molecule has 2 heteroatoms. The zero-order chi connectivity index (χ0) is 13.3. The van der Waals surface area contributed by atoms with Crippen molar-refractivity contribution in [2.45, 2.75) is 72.3 Å². The van der Waals surface area contributed by atoms with Crippen LogP contribution in [0.3, 0.4) is 0 Å². The van der Waals surface area contributed by atoms with E-state index in [-0.39, 0.29) is 6.04 Å². The highest BCUT2D eigenvalue weighted by Crippen LogP contribution is 2.47. The van der Waals surface area contributed by atoms with Crippen LogP contribution in [0.5, 0.6) is 0 Å². The van der Waals surface area contributed by atoms with Gasteiger partial charge in [0.1, 0.15) is 0 Å². The minimum absolute atomic E-state index is 0.0692. The van der Waals surface area contributed by atoms with Crippen LogP contribution in [0.15, 0.2) is 11.1 Å². The molecule has 2 nitrogen and oxygen atoms in total. The Hall–Kier alpha value is -0.790. The van der Waals surface area contributed by atoms with E-state index < -0.39 is 0 Å². The minimum atomic E-state index is 0.0692. The second kappa shape index (κ2) is 5.07. The van der Waals surface area contributed by atoms with Crippen LogP contribution in [0.4, 0.5) is 0 Å².